The van der Waals surface area contributed by atoms with Crippen molar-refractivity contribution in [3.63, 3.8) is 0 Å². The SMILES string of the molecule is O=C(CC(Cc1ccccc1)C(=O)O)c1ccc(Cl)cc1. The van der Waals surface area contributed by atoms with E-state index < -0.39 is 11.9 Å². The Kier molecular flexibility index (Phi) is 5.12. The third-order valence-corrected chi connectivity index (χ3v) is 3.52. The largest absolute Gasteiger partial charge is 0.481 e. The highest BCUT2D eigenvalue weighted by Crippen LogP contribution is 2.17. The molecule has 21 heavy (non-hydrogen) atoms. The average Bonchev–Trinajstić information content (AvgIpc) is 2.48. The second-order valence-electron chi connectivity index (χ2n) is 4.86. The van der Waals surface area contributed by atoms with Gasteiger partial charge in [0.05, 0.1) is 5.92 Å². The van der Waals surface area contributed by atoms with Crippen LogP contribution < -0.4 is 0 Å². The highest BCUT2D eigenvalue weighted by atomic mass is 35.5. The maximum atomic E-state index is 12.2. The zero-order chi connectivity index (χ0) is 15.2. The van der Waals surface area contributed by atoms with Gasteiger partial charge in [0.25, 0.3) is 0 Å². The van der Waals surface area contributed by atoms with Gasteiger partial charge in [0.15, 0.2) is 5.78 Å². The zero-order valence-electron chi connectivity index (χ0n) is 11.3. The summed E-state index contributed by atoms with van der Waals surface area (Å²) < 4.78 is 0. The Morgan fingerprint density at radius 1 is 1.00 bits per heavy atom. The van der Waals surface area contributed by atoms with E-state index in [0.29, 0.717) is 17.0 Å². The van der Waals surface area contributed by atoms with Crippen LogP contribution in [0.5, 0.6) is 0 Å². The van der Waals surface area contributed by atoms with Crippen LogP contribution >= 0.6 is 11.6 Å². The molecule has 4 heteroatoms. The number of hydrogen-bond acceptors (Lipinski definition) is 2. The van der Waals surface area contributed by atoms with E-state index in [-0.39, 0.29) is 12.2 Å². The zero-order valence-corrected chi connectivity index (χ0v) is 12.1. The summed E-state index contributed by atoms with van der Waals surface area (Å²) in [6.07, 6.45) is 0.321. The number of halogens is 1. The number of carboxylic acid groups (broad SMARTS) is 1. The number of carbonyl (C=O) groups is 2. The summed E-state index contributed by atoms with van der Waals surface area (Å²) in [5.74, 6) is -1.87. The van der Waals surface area contributed by atoms with Gasteiger partial charge >= 0.3 is 5.97 Å². The van der Waals surface area contributed by atoms with E-state index in [9.17, 15) is 14.7 Å². The molecule has 0 aliphatic heterocycles. The molecule has 2 rings (SSSR count). The Morgan fingerprint density at radius 2 is 1.62 bits per heavy atom. The summed E-state index contributed by atoms with van der Waals surface area (Å²) in [5, 5.41) is 9.85. The predicted molar refractivity (Wildman–Crippen MR) is 81.7 cm³/mol. The lowest BCUT2D eigenvalue weighted by atomic mass is 9.92. The van der Waals surface area contributed by atoms with Crippen LogP contribution in [-0.2, 0) is 11.2 Å². The van der Waals surface area contributed by atoms with Crippen molar-refractivity contribution in [3.8, 4) is 0 Å². The maximum absolute atomic E-state index is 12.2. The molecular formula is C17H15ClO3. The molecule has 0 aromatic heterocycles. The Balaban J connectivity index is 2.07. The van der Waals surface area contributed by atoms with Gasteiger partial charge in [0.2, 0.25) is 0 Å². The number of Topliss-reactive ketones (excluding diaryl/α,β-unsaturated/α-hetero) is 1. The molecule has 0 bridgehead atoms. The normalized spacial score (nSPS) is 11.9. The van der Waals surface area contributed by atoms with Crippen LogP contribution in [0, 0.1) is 5.92 Å². The fourth-order valence-corrected chi connectivity index (χ4v) is 2.25. The van der Waals surface area contributed by atoms with Crippen LogP contribution in [0.25, 0.3) is 0 Å². The highest BCUT2D eigenvalue weighted by molar-refractivity contribution is 6.30. The van der Waals surface area contributed by atoms with E-state index in [1.54, 1.807) is 24.3 Å². The van der Waals surface area contributed by atoms with Crippen molar-refractivity contribution >= 4 is 23.4 Å². The molecule has 2 aromatic rings. The van der Waals surface area contributed by atoms with Crippen molar-refractivity contribution in [2.75, 3.05) is 0 Å². The van der Waals surface area contributed by atoms with Crippen LogP contribution in [0.1, 0.15) is 22.3 Å². The van der Waals surface area contributed by atoms with Crippen molar-refractivity contribution in [1.29, 1.82) is 0 Å². The topological polar surface area (TPSA) is 54.4 Å². The fourth-order valence-electron chi connectivity index (χ4n) is 2.12. The standard InChI is InChI=1S/C17H15ClO3/c18-15-8-6-13(7-9-15)16(19)11-14(17(20)21)10-12-4-2-1-3-5-12/h1-9,14H,10-11H2,(H,20,21). The quantitative estimate of drug-likeness (QED) is 0.824. The molecule has 0 heterocycles. The first kappa shape index (κ1) is 15.3. The molecule has 0 saturated carbocycles. The minimum Gasteiger partial charge on any atom is -0.481 e. The van der Waals surface area contributed by atoms with Gasteiger partial charge in [0, 0.05) is 17.0 Å². The smallest absolute Gasteiger partial charge is 0.307 e. The molecular weight excluding hydrogens is 288 g/mol. The monoisotopic (exact) mass is 302 g/mol. The molecule has 3 nitrogen and oxygen atoms in total. The highest BCUT2D eigenvalue weighted by Gasteiger charge is 2.22. The van der Waals surface area contributed by atoms with Gasteiger partial charge in [-0.15, -0.1) is 0 Å². The Hall–Kier alpha value is -2.13. The molecule has 0 radical (unpaired) electrons. The summed E-state index contributed by atoms with van der Waals surface area (Å²) in [6.45, 7) is 0. The molecule has 1 atom stereocenters. The van der Waals surface area contributed by atoms with E-state index in [4.69, 9.17) is 11.6 Å². The van der Waals surface area contributed by atoms with Gasteiger partial charge in [-0.2, -0.15) is 0 Å². The van der Waals surface area contributed by atoms with E-state index in [0.717, 1.165) is 5.56 Å². The maximum Gasteiger partial charge on any atom is 0.307 e. The second-order valence-corrected chi connectivity index (χ2v) is 5.30. The number of ketones is 1. The first-order valence-corrected chi connectivity index (χ1v) is 6.99. The van der Waals surface area contributed by atoms with Crippen LogP contribution in [0.15, 0.2) is 54.6 Å². The third kappa shape index (κ3) is 4.43. The molecule has 0 fully saturated rings. The van der Waals surface area contributed by atoms with E-state index in [1.165, 1.54) is 0 Å². The van der Waals surface area contributed by atoms with Crippen molar-refractivity contribution in [2.24, 2.45) is 5.92 Å². The number of carboxylic acids is 1. The van der Waals surface area contributed by atoms with Gasteiger partial charge in [-0.3, -0.25) is 9.59 Å². The molecule has 1 unspecified atom stereocenters. The van der Waals surface area contributed by atoms with Gasteiger partial charge in [-0.25, -0.2) is 0 Å². The van der Waals surface area contributed by atoms with E-state index >= 15 is 0 Å². The summed E-state index contributed by atoms with van der Waals surface area (Å²) in [7, 11) is 0. The first-order chi connectivity index (χ1) is 10.1. The number of rotatable bonds is 6. The molecule has 0 saturated heterocycles. The number of benzene rings is 2. The second kappa shape index (κ2) is 7.04. The Bertz CT molecular complexity index is 620. The Labute approximate surface area is 128 Å². The molecule has 0 aliphatic carbocycles. The Morgan fingerprint density at radius 3 is 2.19 bits per heavy atom. The van der Waals surface area contributed by atoms with Crippen LogP contribution in [0.4, 0.5) is 0 Å². The van der Waals surface area contributed by atoms with Crippen LogP contribution in [0.2, 0.25) is 5.02 Å². The summed E-state index contributed by atoms with van der Waals surface area (Å²) >= 11 is 5.77. The predicted octanol–water partition coefficient (Wildman–Crippen LogP) is 3.86. The molecule has 108 valence electrons. The lowest BCUT2D eigenvalue weighted by Gasteiger charge is -2.11. The summed E-state index contributed by atoms with van der Waals surface area (Å²) in [5.41, 5.74) is 1.40. The number of hydrogen-bond donors (Lipinski definition) is 1. The molecule has 0 aliphatic rings. The lowest BCUT2D eigenvalue weighted by Crippen LogP contribution is -2.20. The van der Waals surface area contributed by atoms with Crippen LogP contribution in [-0.4, -0.2) is 16.9 Å². The van der Waals surface area contributed by atoms with Gasteiger partial charge < -0.3 is 5.11 Å². The van der Waals surface area contributed by atoms with E-state index in [1.807, 2.05) is 30.3 Å². The molecule has 2 aromatic carbocycles. The van der Waals surface area contributed by atoms with Crippen molar-refractivity contribution in [3.05, 3.63) is 70.7 Å². The first-order valence-electron chi connectivity index (χ1n) is 6.62. The van der Waals surface area contributed by atoms with Crippen molar-refractivity contribution in [1.82, 2.24) is 0 Å². The van der Waals surface area contributed by atoms with Gasteiger partial charge in [-0.1, -0.05) is 41.9 Å². The molecule has 0 spiro atoms. The third-order valence-electron chi connectivity index (χ3n) is 3.27. The fraction of sp³-hybridized carbons (Fsp3) is 0.176. The number of aliphatic carboxylic acids is 1. The minimum atomic E-state index is -0.957. The summed E-state index contributed by atoms with van der Waals surface area (Å²) in [6, 6.07) is 15.8. The molecule has 1 N–H and O–H groups in total. The van der Waals surface area contributed by atoms with Crippen molar-refractivity contribution in [2.45, 2.75) is 12.8 Å². The number of carbonyl (C=O) groups excluding carboxylic acids is 1. The minimum absolute atomic E-state index is 0.0220. The molecule has 0 amide bonds. The van der Waals surface area contributed by atoms with E-state index in [2.05, 4.69) is 0 Å². The van der Waals surface area contributed by atoms with Gasteiger partial charge in [0.1, 0.15) is 0 Å². The average molecular weight is 303 g/mol. The summed E-state index contributed by atoms with van der Waals surface area (Å²) in [4.78, 5) is 23.5. The van der Waals surface area contributed by atoms with Crippen LogP contribution in [0.3, 0.4) is 0 Å². The van der Waals surface area contributed by atoms with Crippen molar-refractivity contribution < 1.29 is 14.7 Å². The van der Waals surface area contributed by atoms with Gasteiger partial charge in [-0.05, 0) is 36.2 Å². The lowest BCUT2D eigenvalue weighted by molar-refractivity contribution is -0.141.